The lowest BCUT2D eigenvalue weighted by Crippen LogP contribution is -2.09. The Kier molecular flexibility index (Phi) is 4.14. The van der Waals surface area contributed by atoms with E-state index in [2.05, 4.69) is 10.1 Å². The third-order valence-corrected chi connectivity index (χ3v) is 3.42. The number of nitrogen functional groups attached to an aromatic ring is 1. The van der Waals surface area contributed by atoms with Crippen molar-refractivity contribution in [2.45, 2.75) is 18.1 Å². The molecule has 4 nitrogen and oxygen atoms in total. The largest absolute Gasteiger partial charge is 0.417 e. The first kappa shape index (κ1) is 15.0. The Hall–Kier alpha value is -1.41. The normalized spacial score (nSPS) is 11.8. The van der Waals surface area contributed by atoms with Gasteiger partial charge in [-0.15, -0.1) is 11.8 Å². The van der Waals surface area contributed by atoms with Crippen molar-refractivity contribution in [3.8, 4) is 5.82 Å². The van der Waals surface area contributed by atoms with Crippen molar-refractivity contribution in [2.75, 3.05) is 11.5 Å². The molecule has 2 aromatic rings. The van der Waals surface area contributed by atoms with Gasteiger partial charge in [-0.3, -0.25) is 0 Å². The second-order valence-electron chi connectivity index (χ2n) is 3.78. The molecule has 2 aromatic heterocycles. The zero-order chi connectivity index (χ0) is 14.9. The minimum Gasteiger partial charge on any atom is -0.383 e. The number of hydrogen-bond donors (Lipinski definition) is 1. The first-order chi connectivity index (χ1) is 9.32. The summed E-state index contributed by atoms with van der Waals surface area (Å²) < 4.78 is 38.8. The molecule has 0 unspecified atom stereocenters. The number of alkyl halides is 3. The predicted molar refractivity (Wildman–Crippen MR) is 72.2 cm³/mol. The van der Waals surface area contributed by atoms with Crippen molar-refractivity contribution in [1.82, 2.24) is 14.8 Å². The molecule has 2 heterocycles. The minimum absolute atomic E-state index is 0.0696. The molecule has 0 amide bonds. The van der Waals surface area contributed by atoms with Gasteiger partial charge < -0.3 is 5.73 Å². The van der Waals surface area contributed by atoms with Crippen molar-refractivity contribution in [2.24, 2.45) is 0 Å². The molecular formula is C11H10ClF3N4S. The van der Waals surface area contributed by atoms with Crippen LogP contribution in [-0.4, -0.2) is 20.5 Å². The zero-order valence-electron chi connectivity index (χ0n) is 10.3. The highest BCUT2D eigenvalue weighted by molar-refractivity contribution is 7.99. The quantitative estimate of drug-likeness (QED) is 0.877. The maximum Gasteiger partial charge on any atom is 0.417 e. The lowest BCUT2D eigenvalue weighted by Gasteiger charge is -2.09. The first-order valence-electron chi connectivity index (χ1n) is 5.54. The fraction of sp³-hybridized carbons (Fsp3) is 0.273. The third-order valence-electron chi connectivity index (χ3n) is 2.36. The molecule has 0 aliphatic carbocycles. The van der Waals surface area contributed by atoms with Gasteiger partial charge in [0.15, 0.2) is 5.82 Å². The van der Waals surface area contributed by atoms with Crippen LogP contribution in [0.4, 0.5) is 19.0 Å². The molecule has 2 rings (SSSR count). The number of thioether (sulfide) groups is 1. The minimum atomic E-state index is -4.49. The van der Waals surface area contributed by atoms with E-state index < -0.39 is 11.7 Å². The van der Waals surface area contributed by atoms with Crippen molar-refractivity contribution in [3.05, 3.63) is 28.9 Å². The van der Waals surface area contributed by atoms with Crippen molar-refractivity contribution in [3.63, 3.8) is 0 Å². The van der Waals surface area contributed by atoms with Crippen LogP contribution in [0.15, 0.2) is 23.4 Å². The maximum absolute atomic E-state index is 12.5. The van der Waals surface area contributed by atoms with E-state index in [0.29, 0.717) is 11.2 Å². The van der Waals surface area contributed by atoms with Crippen LogP contribution in [0.25, 0.3) is 5.82 Å². The summed E-state index contributed by atoms with van der Waals surface area (Å²) >= 11 is 7.30. The number of halogens is 4. The summed E-state index contributed by atoms with van der Waals surface area (Å²) in [7, 11) is 0. The Morgan fingerprint density at radius 2 is 2.10 bits per heavy atom. The molecule has 0 saturated heterocycles. The second-order valence-corrected chi connectivity index (χ2v) is 5.47. The average Bonchev–Trinajstić information content (AvgIpc) is 2.69. The van der Waals surface area contributed by atoms with E-state index in [1.54, 1.807) is 6.07 Å². The molecule has 2 N–H and O–H groups in total. The molecule has 20 heavy (non-hydrogen) atoms. The number of pyridine rings is 1. The Balaban J connectivity index is 2.43. The molecule has 0 atom stereocenters. The number of nitrogens with zero attached hydrogens (tertiary/aromatic N) is 3. The molecule has 108 valence electrons. The lowest BCUT2D eigenvalue weighted by atomic mass is 10.3. The molecule has 0 saturated carbocycles. The van der Waals surface area contributed by atoms with E-state index in [4.69, 9.17) is 17.3 Å². The van der Waals surface area contributed by atoms with Crippen LogP contribution < -0.4 is 5.73 Å². The van der Waals surface area contributed by atoms with Gasteiger partial charge >= 0.3 is 6.18 Å². The van der Waals surface area contributed by atoms with Crippen LogP contribution in [0.2, 0.25) is 5.02 Å². The van der Waals surface area contributed by atoms with Gasteiger partial charge in [0.2, 0.25) is 0 Å². The Morgan fingerprint density at radius 3 is 2.65 bits per heavy atom. The summed E-state index contributed by atoms with van der Waals surface area (Å²) in [6.07, 6.45) is -3.79. The van der Waals surface area contributed by atoms with Crippen molar-refractivity contribution >= 4 is 29.2 Å². The molecule has 0 radical (unpaired) electrons. The highest BCUT2D eigenvalue weighted by Crippen LogP contribution is 2.32. The highest BCUT2D eigenvalue weighted by atomic mass is 35.5. The molecule has 0 aliphatic heterocycles. The van der Waals surface area contributed by atoms with Gasteiger partial charge in [-0.1, -0.05) is 18.5 Å². The van der Waals surface area contributed by atoms with Crippen LogP contribution >= 0.6 is 23.4 Å². The summed E-state index contributed by atoms with van der Waals surface area (Å²) in [5, 5.41) is 4.64. The molecule has 0 bridgehead atoms. The van der Waals surface area contributed by atoms with Crippen LogP contribution in [-0.2, 0) is 6.18 Å². The summed E-state index contributed by atoms with van der Waals surface area (Å²) in [6.45, 7) is 1.95. The topological polar surface area (TPSA) is 56.7 Å². The van der Waals surface area contributed by atoms with Crippen molar-refractivity contribution in [1.29, 1.82) is 0 Å². The summed E-state index contributed by atoms with van der Waals surface area (Å²) in [4.78, 5) is 3.71. The monoisotopic (exact) mass is 322 g/mol. The number of hydrogen-bond acceptors (Lipinski definition) is 4. The van der Waals surface area contributed by atoms with Crippen LogP contribution in [0.5, 0.6) is 0 Å². The van der Waals surface area contributed by atoms with Gasteiger partial charge in [-0.2, -0.15) is 23.0 Å². The van der Waals surface area contributed by atoms with Gasteiger partial charge in [0.25, 0.3) is 0 Å². The van der Waals surface area contributed by atoms with E-state index in [1.807, 2.05) is 6.92 Å². The van der Waals surface area contributed by atoms with Crippen LogP contribution in [0.3, 0.4) is 0 Å². The van der Waals surface area contributed by atoms with Gasteiger partial charge in [0.1, 0.15) is 10.8 Å². The molecule has 9 heteroatoms. The first-order valence-corrected chi connectivity index (χ1v) is 6.90. The van der Waals surface area contributed by atoms with E-state index in [9.17, 15) is 13.2 Å². The number of aromatic nitrogens is 3. The number of anilines is 1. The molecule has 0 fully saturated rings. The maximum atomic E-state index is 12.5. The lowest BCUT2D eigenvalue weighted by molar-refractivity contribution is -0.137. The van der Waals surface area contributed by atoms with Crippen molar-refractivity contribution < 1.29 is 13.2 Å². The van der Waals surface area contributed by atoms with Gasteiger partial charge in [-0.05, 0) is 11.8 Å². The average molecular weight is 323 g/mol. The second kappa shape index (κ2) is 5.53. The van der Waals surface area contributed by atoms with Gasteiger partial charge in [0, 0.05) is 12.3 Å². The van der Waals surface area contributed by atoms with E-state index in [1.165, 1.54) is 16.4 Å². The SMILES string of the molecule is CCSc1cc(N)n(-c2ncc(C(F)(F)F)cc2Cl)n1. The standard InChI is InChI=1S/C11H10ClF3N4S/c1-2-20-9-4-8(16)19(18-9)10-7(12)3-6(5-17-10)11(13,14)15/h3-5H,2,16H2,1H3. The number of nitrogens with two attached hydrogens (primary N) is 1. The Bertz CT molecular complexity index is 627. The highest BCUT2D eigenvalue weighted by Gasteiger charge is 2.31. The van der Waals surface area contributed by atoms with Gasteiger partial charge in [-0.25, -0.2) is 4.98 Å². The van der Waals surface area contributed by atoms with Gasteiger partial charge in [0.05, 0.1) is 10.6 Å². The fourth-order valence-electron chi connectivity index (χ4n) is 1.50. The molecule has 0 aromatic carbocycles. The van der Waals surface area contributed by atoms with Crippen LogP contribution in [0.1, 0.15) is 12.5 Å². The fourth-order valence-corrected chi connectivity index (χ4v) is 2.39. The smallest absolute Gasteiger partial charge is 0.383 e. The van der Waals surface area contributed by atoms with Crippen LogP contribution in [0, 0.1) is 0 Å². The Morgan fingerprint density at radius 1 is 1.40 bits per heavy atom. The zero-order valence-corrected chi connectivity index (χ0v) is 11.9. The summed E-state index contributed by atoms with van der Waals surface area (Å²) in [6, 6.07) is 2.42. The summed E-state index contributed by atoms with van der Waals surface area (Å²) in [5.41, 5.74) is 4.85. The van der Waals surface area contributed by atoms with E-state index >= 15 is 0 Å². The molecular weight excluding hydrogens is 313 g/mol. The molecule has 0 spiro atoms. The predicted octanol–water partition coefficient (Wildman–Crippen LogP) is 3.63. The molecule has 0 aliphatic rings. The number of rotatable bonds is 3. The Labute approximate surface area is 122 Å². The summed E-state index contributed by atoms with van der Waals surface area (Å²) in [5.74, 6) is 1.13. The van der Waals surface area contributed by atoms with E-state index in [-0.39, 0.29) is 16.7 Å². The third kappa shape index (κ3) is 3.01. The van der Waals surface area contributed by atoms with E-state index in [0.717, 1.165) is 11.8 Å².